The molecule has 2 fully saturated rings. The van der Waals surface area contributed by atoms with E-state index in [1.54, 1.807) is 31.1 Å². The topological polar surface area (TPSA) is 136 Å². The van der Waals surface area contributed by atoms with E-state index >= 15 is 0 Å². The van der Waals surface area contributed by atoms with Crippen LogP contribution in [0.3, 0.4) is 0 Å². The Morgan fingerprint density at radius 2 is 1.83 bits per heavy atom. The van der Waals surface area contributed by atoms with Crippen LogP contribution in [-0.2, 0) is 11.8 Å². The first-order valence-corrected chi connectivity index (χ1v) is 17.1. The third-order valence-corrected chi connectivity index (χ3v) is 8.05. The number of rotatable bonds is 12. The van der Waals surface area contributed by atoms with Crippen LogP contribution in [0.2, 0.25) is 0 Å². The average molecular weight is 664 g/mol. The van der Waals surface area contributed by atoms with E-state index in [2.05, 4.69) is 59.4 Å². The van der Waals surface area contributed by atoms with Gasteiger partial charge < -0.3 is 31.0 Å². The molecule has 5 N–H and O–H groups in total. The lowest BCUT2D eigenvalue weighted by Gasteiger charge is -2.31. The number of aliphatic imine (C=N–C) groups is 1. The van der Waals surface area contributed by atoms with E-state index in [1.807, 2.05) is 58.2 Å². The fourth-order valence-corrected chi connectivity index (χ4v) is 4.85. The van der Waals surface area contributed by atoms with Gasteiger partial charge in [-0.3, -0.25) is 14.6 Å². The number of ether oxygens (including phenoxy) is 1. The fraction of sp³-hybridized carbons (Fsp3) is 0.526. The van der Waals surface area contributed by atoms with Gasteiger partial charge in [0.1, 0.15) is 11.4 Å². The largest absolute Gasteiger partial charge is 0.494 e. The van der Waals surface area contributed by atoms with Gasteiger partial charge in [0.2, 0.25) is 5.91 Å². The van der Waals surface area contributed by atoms with Gasteiger partial charge in [-0.25, -0.2) is 4.98 Å². The Morgan fingerprint density at radius 3 is 2.25 bits per heavy atom. The van der Waals surface area contributed by atoms with Crippen molar-refractivity contribution < 1.29 is 14.3 Å². The van der Waals surface area contributed by atoms with E-state index in [9.17, 15) is 9.59 Å². The molecule has 1 saturated heterocycles. The number of methoxy groups -OCH3 is 1. The molecule has 0 radical (unpaired) electrons. The fourth-order valence-electron chi connectivity index (χ4n) is 4.85. The number of carbonyl (C=O) groups excluding carboxylic acids is 2. The molecule has 4 rings (SSSR count). The molecule has 1 atom stereocenters. The third kappa shape index (κ3) is 12.5. The molecule has 1 aromatic heterocycles. The van der Waals surface area contributed by atoms with Crippen LogP contribution < -0.4 is 26.4 Å². The number of hydrogen-bond acceptors (Lipinski definition) is 8. The molecule has 266 valence electrons. The highest BCUT2D eigenvalue weighted by atomic mass is 16.5. The van der Waals surface area contributed by atoms with E-state index in [-0.39, 0.29) is 11.8 Å². The second-order valence-electron chi connectivity index (χ2n) is 11.9. The number of benzene rings is 1. The van der Waals surface area contributed by atoms with Crippen LogP contribution in [0.1, 0.15) is 94.7 Å². The van der Waals surface area contributed by atoms with Crippen molar-refractivity contribution in [3.8, 4) is 5.75 Å². The van der Waals surface area contributed by atoms with Gasteiger partial charge in [0.15, 0.2) is 12.1 Å². The van der Waals surface area contributed by atoms with Crippen molar-refractivity contribution >= 4 is 35.4 Å². The van der Waals surface area contributed by atoms with Gasteiger partial charge in [-0.15, -0.1) is 0 Å². The lowest BCUT2D eigenvalue weighted by atomic mass is 9.87. The molecule has 1 amide bonds. The molecule has 10 nitrogen and oxygen atoms in total. The summed E-state index contributed by atoms with van der Waals surface area (Å²) in [4.78, 5) is 32.5. The normalized spacial score (nSPS) is 15.5. The molecular weight excluding hydrogens is 602 g/mol. The number of amides is 1. The Hall–Kier alpha value is -4.02. The minimum Gasteiger partial charge on any atom is -0.494 e. The maximum absolute atomic E-state index is 12.4. The number of nitrogens with two attached hydrogens (primary N) is 1. The van der Waals surface area contributed by atoms with Gasteiger partial charge in [0.05, 0.1) is 18.5 Å². The van der Waals surface area contributed by atoms with Crippen LogP contribution in [-0.4, -0.2) is 62.3 Å². The molecule has 1 unspecified atom stereocenters. The number of anilines is 1. The first-order valence-electron chi connectivity index (χ1n) is 17.1. The van der Waals surface area contributed by atoms with Gasteiger partial charge in [-0.05, 0) is 88.9 Å². The predicted octanol–water partition coefficient (Wildman–Crippen LogP) is 6.78. The Bertz CT molecular complexity index is 1410. The Balaban J connectivity index is 0.000000747. The number of nitrogens with zero attached hydrogens (tertiary/aromatic N) is 3. The number of aromatic nitrogens is 2. The summed E-state index contributed by atoms with van der Waals surface area (Å²) in [6.45, 7) is 17.2. The quantitative estimate of drug-likeness (QED) is 0.112. The van der Waals surface area contributed by atoms with Crippen LogP contribution in [0, 0.1) is 24.7 Å². The van der Waals surface area contributed by atoms with Crippen LogP contribution in [0.15, 0.2) is 47.2 Å². The zero-order chi connectivity index (χ0) is 36.2. The maximum Gasteiger partial charge on any atom is 0.227 e. The maximum atomic E-state index is 12.4. The summed E-state index contributed by atoms with van der Waals surface area (Å²) in [5.74, 6) is 3.20. The van der Waals surface area contributed by atoms with Crippen molar-refractivity contribution in [1.29, 1.82) is 0 Å². The highest BCUT2D eigenvalue weighted by Gasteiger charge is 2.30. The molecule has 1 aliphatic heterocycles. The zero-order valence-electron chi connectivity index (χ0n) is 31.2. The second kappa shape index (κ2) is 22.5. The molecule has 2 heterocycles. The molecule has 2 aliphatic rings. The summed E-state index contributed by atoms with van der Waals surface area (Å²) in [5.41, 5.74) is 9.66. The van der Waals surface area contributed by atoms with Gasteiger partial charge in [0.25, 0.3) is 0 Å². The van der Waals surface area contributed by atoms with Crippen molar-refractivity contribution in [2.24, 2.45) is 35.5 Å². The second-order valence-corrected chi connectivity index (χ2v) is 11.9. The predicted molar refractivity (Wildman–Crippen MR) is 203 cm³/mol. The van der Waals surface area contributed by atoms with Gasteiger partial charge in [-0.1, -0.05) is 58.8 Å². The molecular formula is C38H61N7O3. The van der Waals surface area contributed by atoms with Crippen LogP contribution in [0.5, 0.6) is 5.75 Å². The molecule has 10 heteroatoms. The standard InChI is InChI=1S/C27H33N5O3.C7H15N.C3H8.CH5N/c1-7-18(14-28-4)24-17(3)9-12-22(25(24)35-6)31-23(26-29-21(16-33)15-32(26)5)13-20(8-2)30-27(34)19-10-11-19;1-3-6(2)7-4-8-5-7;1-3-2;1-2/h7-9,12-16,19,31H,10-11H2,1-6H3,(H,30,34);6-8H,3-5H2,1-2H3;3H2,1-2H3;2H2,1H3/b18-7+,20-8-,23-13+,28-14?;;;. The number of hydrogen-bond donors (Lipinski definition) is 4. The SMILES string of the molecule is C/C=C(/C=C(/Nc1ccc(C)c(/C(C=NC)=C/C)c1OC)c1nc(C=O)cn1C)NC(=O)C1CC1.CCC.CCC(C)C1CNC1.CN. The van der Waals surface area contributed by atoms with Crippen LogP contribution in [0.25, 0.3) is 11.3 Å². The summed E-state index contributed by atoms with van der Waals surface area (Å²) in [6.07, 6.45) is 14.2. The monoisotopic (exact) mass is 663 g/mol. The van der Waals surface area contributed by atoms with Crippen molar-refractivity contribution in [2.75, 3.05) is 39.6 Å². The lowest BCUT2D eigenvalue weighted by molar-refractivity contribution is -0.121. The molecule has 1 aliphatic carbocycles. The zero-order valence-corrected chi connectivity index (χ0v) is 31.2. The number of carbonyl (C=O) groups is 2. The van der Waals surface area contributed by atoms with Crippen LogP contribution in [0.4, 0.5) is 5.69 Å². The molecule has 48 heavy (non-hydrogen) atoms. The van der Waals surface area contributed by atoms with E-state index in [0.717, 1.165) is 41.4 Å². The number of aldehydes is 1. The number of aryl methyl sites for hydroxylation is 2. The first-order chi connectivity index (χ1) is 23.1. The summed E-state index contributed by atoms with van der Waals surface area (Å²) in [6, 6.07) is 3.94. The molecule has 0 spiro atoms. The Kier molecular flexibility index (Phi) is 19.7. The summed E-state index contributed by atoms with van der Waals surface area (Å²) < 4.78 is 7.62. The summed E-state index contributed by atoms with van der Waals surface area (Å²) in [5, 5.41) is 9.70. The molecule has 0 bridgehead atoms. The summed E-state index contributed by atoms with van der Waals surface area (Å²) in [7, 11) is 6.67. The minimum absolute atomic E-state index is 0.00824. The van der Waals surface area contributed by atoms with Crippen molar-refractivity contribution in [2.45, 2.75) is 74.1 Å². The number of allylic oxidation sites excluding steroid dienone is 4. The number of nitrogens with one attached hydrogen (secondary N) is 3. The number of imidazole rings is 1. The lowest BCUT2D eigenvalue weighted by Crippen LogP contribution is -2.45. The highest BCUT2D eigenvalue weighted by molar-refractivity contribution is 6.12. The smallest absolute Gasteiger partial charge is 0.227 e. The molecule has 1 aromatic carbocycles. The molecule has 2 aromatic rings. The van der Waals surface area contributed by atoms with Crippen molar-refractivity contribution in [3.05, 3.63) is 64.9 Å². The van der Waals surface area contributed by atoms with Crippen molar-refractivity contribution in [3.63, 3.8) is 0 Å². The minimum atomic E-state index is 0.00824. The highest BCUT2D eigenvalue weighted by Crippen LogP contribution is 2.37. The van der Waals surface area contributed by atoms with Crippen LogP contribution >= 0.6 is 0 Å². The van der Waals surface area contributed by atoms with Crippen molar-refractivity contribution in [1.82, 2.24) is 20.2 Å². The Morgan fingerprint density at radius 1 is 1.19 bits per heavy atom. The van der Waals surface area contributed by atoms with E-state index < -0.39 is 0 Å². The third-order valence-electron chi connectivity index (χ3n) is 8.05. The summed E-state index contributed by atoms with van der Waals surface area (Å²) >= 11 is 0. The first kappa shape index (κ1) is 42.0. The Labute approximate surface area is 289 Å². The average Bonchev–Trinajstić information content (AvgIpc) is 3.86. The van der Waals surface area contributed by atoms with Gasteiger partial charge in [-0.2, -0.15) is 0 Å². The van der Waals surface area contributed by atoms with Gasteiger partial charge in [0, 0.05) is 43.7 Å². The molecule has 1 saturated carbocycles. The van der Waals surface area contributed by atoms with E-state index in [1.165, 1.54) is 33.0 Å². The van der Waals surface area contributed by atoms with E-state index in [0.29, 0.717) is 40.6 Å². The van der Waals surface area contributed by atoms with E-state index in [4.69, 9.17) is 4.74 Å². The van der Waals surface area contributed by atoms with Gasteiger partial charge >= 0.3 is 0 Å².